The average Bonchev–Trinajstić information content (AvgIpc) is 2.89. The lowest BCUT2D eigenvalue weighted by molar-refractivity contribution is 0.200. The van der Waals surface area contributed by atoms with Gasteiger partial charge in [0.25, 0.3) is 0 Å². The highest BCUT2D eigenvalue weighted by molar-refractivity contribution is 6.88. The third-order valence-corrected chi connectivity index (χ3v) is 6.52. The second-order valence-electron chi connectivity index (χ2n) is 6.95. The van der Waals surface area contributed by atoms with Crippen molar-refractivity contribution in [3.8, 4) is 0 Å². The Morgan fingerprint density at radius 2 is 1.63 bits per heavy atom. The van der Waals surface area contributed by atoms with E-state index in [-0.39, 0.29) is 0 Å². The van der Waals surface area contributed by atoms with Crippen LogP contribution >= 0.6 is 0 Å². The van der Waals surface area contributed by atoms with E-state index in [1.807, 2.05) is 0 Å². The maximum absolute atomic E-state index is 2.66. The van der Waals surface area contributed by atoms with Gasteiger partial charge in [-0.2, -0.15) is 0 Å². The van der Waals surface area contributed by atoms with Crippen LogP contribution in [0.3, 0.4) is 0 Å². The van der Waals surface area contributed by atoms with Gasteiger partial charge in [0.05, 0.1) is 8.07 Å². The molecule has 0 heterocycles. The second-order valence-corrected chi connectivity index (χ2v) is 12.0. The Balaban J connectivity index is 2.01. The van der Waals surface area contributed by atoms with Crippen LogP contribution in [0.2, 0.25) is 19.6 Å². The van der Waals surface area contributed by atoms with Gasteiger partial charge in [-0.15, -0.1) is 0 Å². The topological polar surface area (TPSA) is 3.24 Å². The lowest BCUT2D eigenvalue weighted by Crippen LogP contribution is -2.37. The minimum atomic E-state index is -1.14. The van der Waals surface area contributed by atoms with Crippen molar-refractivity contribution in [3.05, 3.63) is 29.8 Å². The summed E-state index contributed by atoms with van der Waals surface area (Å²) in [7, 11) is -1.14. The molecule has 0 spiro atoms. The summed E-state index contributed by atoms with van der Waals surface area (Å²) < 4.78 is 0. The van der Waals surface area contributed by atoms with Gasteiger partial charge in [-0.1, -0.05) is 68.9 Å². The van der Waals surface area contributed by atoms with Crippen molar-refractivity contribution >= 4 is 13.3 Å². The lowest BCUT2D eigenvalue weighted by Gasteiger charge is -2.27. The molecule has 1 nitrogen and oxygen atoms in total. The molecule has 1 aliphatic carbocycles. The fourth-order valence-electron chi connectivity index (χ4n) is 3.11. The van der Waals surface area contributed by atoms with Crippen molar-refractivity contribution in [1.29, 1.82) is 0 Å². The van der Waals surface area contributed by atoms with Crippen LogP contribution in [0.5, 0.6) is 0 Å². The number of hydrogen-bond donors (Lipinski definition) is 0. The molecule has 0 aromatic heterocycles. The van der Waals surface area contributed by atoms with Crippen molar-refractivity contribution in [2.45, 2.75) is 64.8 Å². The largest absolute Gasteiger partial charge is 0.296 e. The van der Waals surface area contributed by atoms with Crippen LogP contribution in [0, 0.1) is 0 Å². The van der Waals surface area contributed by atoms with Crippen molar-refractivity contribution in [2.24, 2.45) is 0 Å². The maximum atomic E-state index is 2.66. The van der Waals surface area contributed by atoms with E-state index >= 15 is 0 Å². The Hall–Kier alpha value is -0.603. The van der Waals surface area contributed by atoms with E-state index < -0.39 is 8.07 Å². The molecule has 0 N–H and O–H groups in total. The Morgan fingerprint density at radius 3 is 2.11 bits per heavy atom. The third kappa shape index (κ3) is 3.93. The normalized spacial score (nSPS) is 17.3. The van der Waals surface area contributed by atoms with Crippen molar-refractivity contribution in [3.63, 3.8) is 0 Å². The molecule has 0 radical (unpaired) electrons. The summed E-state index contributed by atoms with van der Waals surface area (Å²) in [6, 6.07) is 10.3. The standard InChI is InChI=1S/C17H29NSi/c1-5-18(16-8-6-7-9-16)14-15-10-12-17(13-11-15)19(2,3)4/h10-13,16H,5-9,14H2,1-4H3. The van der Waals surface area contributed by atoms with Crippen molar-refractivity contribution < 1.29 is 0 Å². The van der Waals surface area contributed by atoms with Gasteiger partial charge in [0, 0.05) is 12.6 Å². The zero-order chi connectivity index (χ0) is 13.9. The van der Waals surface area contributed by atoms with Gasteiger partial charge >= 0.3 is 0 Å². The first-order chi connectivity index (χ1) is 9.00. The molecule has 1 fully saturated rings. The Labute approximate surface area is 120 Å². The minimum absolute atomic E-state index is 0.835. The van der Waals surface area contributed by atoms with Crippen LogP contribution < -0.4 is 5.19 Å². The molecule has 0 bridgehead atoms. The molecular formula is C17H29NSi. The average molecular weight is 276 g/mol. The molecule has 1 aromatic carbocycles. The Bertz CT molecular complexity index is 385. The predicted octanol–water partition coefficient (Wildman–Crippen LogP) is 4.00. The molecule has 2 rings (SSSR count). The highest BCUT2D eigenvalue weighted by atomic mass is 28.3. The maximum Gasteiger partial charge on any atom is 0.0775 e. The van der Waals surface area contributed by atoms with E-state index in [9.17, 15) is 0 Å². The first-order valence-electron chi connectivity index (χ1n) is 7.84. The smallest absolute Gasteiger partial charge is 0.0775 e. The zero-order valence-corrected chi connectivity index (χ0v) is 14.1. The summed E-state index contributed by atoms with van der Waals surface area (Å²) in [5.41, 5.74) is 1.48. The summed E-state index contributed by atoms with van der Waals surface area (Å²) in [6.45, 7) is 11.9. The number of nitrogens with zero attached hydrogens (tertiary/aromatic N) is 1. The quantitative estimate of drug-likeness (QED) is 0.734. The fourth-order valence-corrected chi connectivity index (χ4v) is 4.28. The predicted molar refractivity (Wildman–Crippen MR) is 87.8 cm³/mol. The summed E-state index contributed by atoms with van der Waals surface area (Å²) in [6.07, 6.45) is 5.66. The molecular weight excluding hydrogens is 246 g/mol. The zero-order valence-electron chi connectivity index (χ0n) is 13.1. The molecule has 0 amide bonds. The fraction of sp³-hybridized carbons (Fsp3) is 0.647. The molecule has 19 heavy (non-hydrogen) atoms. The van der Waals surface area contributed by atoms with E-state index in [2.05, 4.69) is 55.7 Å². The first kappa shape index (κ1) is 14.8. The summed E-state index contributed by atoms with van der Waals surface area (Å²) >= 11 is 0. The van der Waals surface area contributed by atoms with Gasteiger partial charge in [0.2, 0.25) is 0 Å². The number of hydrogen-bond acceptors (Lipinski definition) is 1. The lowest BCUT2D eigenvalue weighted by atomic mass is 10.1. The van der Waals surface area contributed by atoms with E-state index in [0.29, 0.717) is 0 Å². The van der Waals surface area contributed by atoms with Crippen LogP contribution in [0.25, 0.3) is 0 Å². The molecule has 1 aliphatic rings. The van der Waals surface area contributed by atoms with Crippen LogP contribution in [0.1, 0.15) is 38.2 Å². The molecule has 0 saturated heterocycles. The van der Waals surface area contributed by atoms with Crippen LogP contribution in [-0.4, -0.2) is 25.6 Å². The van der Waals surface area contributed by atoms with Gasteiger partial charge in [-0.05, 0) is 24.9 Å². The van der Waals surface area contributed by atoms with Gasteiger partial charge in [-0.25, -0.2) is 0 Å². The molecule has 106 valence electrons. The van der Waals surface area contributed by atoms with Crippen LogP contribution in [0.4, 0.5) is 0 Å². The van der Waals surface area contributed by atoms with Gasteiger partial charge in [0.15, 0.2) is 0 Å². The van der Waals surface area contributed by atoms with E-state index in [4.69, 9.17) is 0 Å². The number of rotatable bonds is 5. The van der Waals surface area contributed by atoms with Crippen molar-refractivity contribution in [2.75, 3.05) is 6.54 Å². The van der Waals surface area contributed by atoms with Gasteiger partial charge in [-0.3, -0.25) is 4.90 Å². The molecule has 1 saturated carbocycles. The highest BCUT2D eigenvalue weighted by Crippen LogP contribution is 2.24. The van der Waals surface area contributed by atoms with Crippen molar-refractivity contribution in [1.82, 2.24) is 4.90 Å². The summed E-state index contributed by atoms with van der Waals surface area (Å²) in [5, 5.41) is 1.57. The van der Waals surface area contributed by atoms with Gasteiger partial charge in [0.1, 0.15) is 0 Å². The third-order valence-electron chi connectivity index (χ3n) is 4.45. The summed E-state index contributed by atoms with van der Waals surface area (Å²) in [5.74, 6) is 0. The molecule has 0 aliphatic heterocycles. The summed E-state index contributed by atoms with van der Waals surface area (Å²) in [4.78, 5) is 2.66. The van der Waals surface area contributed by atoms with E-state index in [1.54, 1.807) is 5.19 Å². The minimum Gasteiger partial charge on any atom is -0.296 e. The number of benzene rings is 1. The Kier molecular flexibility index (Phi) is 4.85. The van der Waals surface area contributed by atoms with E-state index in [1.165, 1.54) is 37.8 Å². The molecule has 0 atom stereocenters. The molecule has 0 unspecified atom stereocenters. The second kappa shape index (κ2) is 6.23. The van der Waals surface area contributed by atoms with Gasteiger partial charge < -0.3 is 0 Å². The molecule has 2 heteroatoms. The first-order valence-corrected chi connectivity index (χ1v) is 11.3. The SMILES string of the molecule is CCN(Cc1ccc([Si](C)(C)C)cc1)C1CCCC1. The Morgan fingerprint density at radius 1 is 1.05 bits per heavy atom. The monoisotopic (exact) mass is 275 g/mol. The highest BCUT2D eigenvalue weighted by Gasteiger charge is 2.21. The van der Waals surface area contributed by atoms with E-state index in [0.717, 1.165) is 12.6 Å². The molecule has 1 aromatic rings. The van der Waals surface area contributed by atoms with Crippen LogP contribution in [-0.2, 0) is 6.54 Å². The van der Waals surface area contributed by atoms with Crippen LogP contribution in [0.15, 0.2) is 24.3 Å².